The summed E-state index contributed by atoms with van der Waals surface area (Å²) in [4.78, 5) is 37.9. The number of ether oxygens (including phenoxy) is 1. The number of rotatable bonds is 5. The topological polar surface area (TPSA) is 102 Å². The molecular weight excluding hydrogens is 286 g/mol. The van der Waals surface area contributed by atoms with Crippen LogP contribution in [0.1, 0.15) is 25.7 Å². The molecule has 0 aromatic rings. The molecule has 5 atom stereocenters. The van der Waals surface area contributed by atoms with E-state index in [1.54, 1.807) is 0 Å². The van der Waals surface area contributed by atoms with Crippen LogP contribution in [-0.4, -0.2) is 54.0 Å². The predicted molar refractivity (Wildman–Crippen MR) is 75.3 cm³/mol. The van der Waals surface area contributed by atoms with Gasteiger partial charge in [0, 0.05) is 12.6 Å². The second-order valence-corrected chi connectivity index (χ2v) is 6.91. The number of nitrogens with one attached hydrogen (secondary N) is 1. The molecule has 4 rings (SSSR count). The molecule has 4 aliphatic rings. The van der Waals surface area contributed by atoms with Crippen molar-refractivity contribution in [1.82, 2.24) is 10.2 Å². The Morgan fingerprint density at radius 1 is 1.18 bits per heavy atom. The first-order chi connectivity index (χ1) is 10.6. The summed E-state index contributed by atoms with van der Waals surface area (Å²) in [5, 5.41) is 2.73. The van der Waals surface area contributed by atoms with Gasteiger partial charge in [-0.3, -0.25) is 19.3 Å². The van der Waals surface area contributed by atoms with Crippen LogP contribution in [0.2, 0.25) is 0 Å². The van der Waals surface area contributed by atoms with Gasteiger partial charge in [-0.2, -0.15) is 0 Å². The third kappa shape index (κ3) is 2.14. The molecule has 0 radical (unpaired) electrons. The zero-order valence-electron chi connectivity index (χ0n) is 12.4. The summed E-state index contributed by atoms with van der Waals surface area (Å²) >= 11 is 0. The maximum absolute atomic E-state index is 12.4. The summed E-state index contributed by atoms with van der Waals surface area (Å²) in [5.74, 6) is -1.04. The van der Waals surface area contributed by atoms with E-state index in [0.717, 1.165) is 30.6 Å². The molecule has 4 fully saturated rings. The van der Waals surface area contributed by atoms with Gasteiger partial charge in [0.1, 0.15) is 6.54 Å². The lowest BCUT2D eigenvalue weighted by Crippen LogP contribution is -2.45. The molecule has 3 heterocycles. The van der Waals surface area contributed by atoms with E-state index in [4.69, 9.17) is 10.5 Å². The molecular formula is C15H21N3O4. The van der Waals surface area contributed by atoms with Gasteiger partial charge in [0.25, 0.3) is 0 Å². The Kier molecular flexibility index (Phi) is 3.23. The second kappa shape index (κ2) is 5.03. The van der Waals surface area contributed by atoms with E-state index in [1.165, 1.54) is 0 Å². The Bertz CT molecular complexity index is 505. The molecule has 5 unspecified atom stereocenters. The van der Waals surface area contributed by atoms with E-state index in [-0.39, 0.29) is 54.4 Å². The number of carbonyl (C=O) groups is 3. The monoisotopic (exact) mass is 307 g/mol. The van der Waals surface area contributed by atoms with Crippen molar-refractivity contribution in [1.29, 1.82) is 0 Å². The fourth-order valence-electron chi connectivity index (χ4n) is 4.05. The number of nitrogens with two attached hydrogens (primary N) is 1. The van der Waals surface area contributed by atoms with E-state index in [1.807, 2.05) is 0 Å². The fraction of sp³-hybridized carbons (Fsp3) is 0.800. The number of fused-ring (bicyclic) bond motifs is 5. The zero-order chi connectivity index (χ0) is 15.4. The minimum absolute atomic E-state index is 0.0300. The number of hydrogen-bond acceptors (Lipinski definition) is 5. The van der Waals surface area contributed by atoms with Crippen molar-refractivity contribution in [3.63, 3.8) is 0 Å². The molecule has 22 heavy (non-hydrogen) atoms. The smallest absolute Gasteiger partial charge is 0.240 e. The molecule has 0 spiro atoms. The highest BCUT2D eigenvalue weighted by Crippen LogP contribution is 2.48. The van der Waals surface area contributed by atoms with Crippen molar-refractivity contribution in [2.24, 2.45) is 23.5 Å². The molecule has 120 valence electrons. The summed E-state index contributed by atoms with van der Waals surface area (Å²) in [7, 11) is 0. The molecule has 3 amide bonds. The van der Waals surface area contributed by atoms with Crippen LogP contribution in [0.4, 0.5) is 0 Å². The van der Waals surface area contributed by atoms with Gasteiger partial charge in [0.2, 0.25) is 17.7 Å². The van der Waals surface area contributed by atoms with Crippen molar-refractivity contribution >= 4 is 17.7 Å². The molecule has 1 aliphatic carbocycles. The van der Waals surface area contributed by atoms with E-state index >= 15 is 0 Å². The van der Waals surface area contributed by atoms with E-state index < -0.39 is 0 Å². The summed E-state index contributed by atoms with van der Waals surface area (Å²) in [5.41, 5.74) is 5.93. The van der Waals surface area contributed by atoms with Gasteiger partial charge in [-0.1, -0.05) is 0 Å². The summed E-state index contributed by atoms with van der Waals surface area (Å²) in [6.07, 6.45) is 3.63. The maximum Gasteiger partial charge on any atom is 0.240 e. The largest absolute Gasteiger partial charge is 0.373 e. The molecule has 1 saturated carbocycles. The van der Waals surface area contributed by atoms with Crippen molar-refractivity contribution in [2.45, 2.75) is 43.9 Å². The number of carbonyl (C=O) groups excluding carboxylic acids is 3. The van der Waals surface area contributed by atoms with Gasteiger partial charge in [-0.25, -0.2) is 0 Å². The highest BCUT2D eigenvalue weighted by molar-refractivity contribution is 6.08. The predicted octanol–water partition coefficient (Wildman–Crippen LogP) is -0.998. The lowest BCUT2D eigenvalue weighted by Gasteiger charge is -2.18. The number of imide groups is 1. The number of likely N-dealkylation sites (tertiary alicyclic amines) is 1. The van der Waals surface area contributed by atoms with Crippen molar-refractivity contribution in [3.05, 3.63) is 0 Å². The average molecular weight is 307 g/mol. The first kappa shape index (κ1) is 14.1. The fourth-order valence-corrected chi connectivity index (χ4v) is 4.05. The quantitative estimate of drug-likeness (QED) is 0.635. The number of nitrogens with zero attached hydrogens (tertiary/aromatic N) is 1. The minimum atomic E-state index is -0.368. The van der Waals surface area contributed by atoms with Gasteiger partial charge in [-0.05, 0) is 31.6 Å². The van der Waals surface area contributed by atoms with Crippen molar-refractivity contribution in [3.8, 4) is 0 Å². The van der Waals surface area contributed by atoms with Crippen LogP contribution in [0.5, 0.6) is 0 Å². The third-order valence-electron chi connectivity index (χ3n) is 5.44. The van der Waals surface area contributed by atoms with Crippen molar-refractivity contribution in [2.75, 3.05) is 13.1 Å². The number of amides is 3. The van der Waals surface area contributed by atoms with Gasteiger partial charge < -0.3 is 15.8 Å². The van der Waals surface area contributed by atoms with Gasteiger partial charge in [0.05, 0.1) is 24.0 Å². The Morgan fingerprint density at radius 3 is 2.32 bits per heavy atom. The van der Waals surface area contributed by atoms with E-state index in [9.17, 15) is 14.4 Å². The van der Waals surface area contributed by atoms with Crippen LogP contribution in [0.25, 0.3) is 0 Å². The van der Waals surface area contributed by atoms with E-state index in [0.29, 0.717) is 12.5 Å². The van der Waals surface area contributed by atoms with Crippen LogP contribution in [-0.2, 0) is 19.1 Å². The standard InChI is InChI=1S/C15H21N3O4/c16-8(7-1-2-7)5-17-11(19)6-18-14(20)12-9-3-4-10(22-9)13(12)15(18)21/h7-10,12-13H,1-6,16H2,(H,17,19). The molecule has 3 saturated heterocycles. The summed E-state index contributed by atoms with van der Waals surface area (Å²) in [6, 6.07) is -0.0300. The Hall–Kier alpha value is -1.47. The van der Waals surface area contributed by atoms with Crippen LogP contribution in [0.15, 0.2) is 0 Å². The maximum atomic E-state index is 12.4. The SMILES string of the molecule is NC(CNC(=O)CN1C(=O)C2C3CCC(O3)C2C1=O)C1CC1. The van der Waals surface area contributed by atoms with Crippen LogP contribution in [0, 0.1) is 17.8 Å². The Labute approximate surface area is 128 Å². The minimum Gasteiger partial charge on any atom is -0.373 e. The summed E-state index contributed by atoms with van der Waals surface area (Å²) in [6.45, 7) is 0.211. The highest BCUT2D eigenvalue weighted by Gasteiger charge is 2.62. The first-order valence-electron chi connectivity index (χ1n) is 8.09. The molecule has 0 aromatic carbocycles. The molecule has 7 heteroatoms. The average Bonchev–Trinajstić information content (AvgIpc) is 3.09. The Morgan fingerprint density at radius 2 is 1.77 bits per heavy atom. The molecule has 3 N–H and O–H groups in total. The van der Waals surface area contributed by atoms with Crippen LogP contribution in [0.3, 0.4) is 0 Å². The lowest BCUT2D eigenvalue weighted by atomic mass is 9.81. The Balaban J connectivity index is 1.35. The summed E-state index contributed by atoms with van der Waals surface area (Å²) < 4.78 is 5.66. The lowest BCUT2D eigenvalue weighted by molar-refractivity contribution is -0.146. The number of hydrogen-bond donors (Lipinski definition) is 2. The van der Waals surface area contributed by atoms with Gasteiger partial charge >= 0.3 is 0 Å². The zero-order valence-corrected chi connectivity index (χ0v) is 12.4. The third-order valence-corrected chi connectivity index (χ3v) is 5.44. The van der Waals surface area contributed by atoms with Crippen LogP contribution >= 0.6 is 0 Å². The molecule has 7 nitrogen and oxygen atoms in total. The van der Waals surface area contributed by atoms with Crippen LogP contribution < -0.4 is 11.1 Å². The molecule has 3 aliphatic heterocycles. The second-order valence-electron chi connectivity index (χ2n) is 6.91. The highest BCUT2D eigenvalue weighted by atomic mass is 16.5. The van der Waals surface area contributed by atoms with Gasteiger partial charge in [-0.15, -0.1) is 0 Å². The molecule has 2 bridgehead atoms. The van der Waals surface area contributed by atoms with Crippen molar-refractivity contribution < 1.29 is 19.1 Å². The molecule has 0 aromatic heterocycles. The van der Waals surface area contributed by atoms with E-state index in [2.05, 4.69) is 5.32 Å². The van der Waals surface area contributed by atoms with Gasteiger partial charge in [0.15, 0.2) is 0 Å². The first-order valence-corrected chi connectivity index (χ1v) is 8.09. The normalized spacial score (nSPS) is 37.6.